The number of carbonyl (C=O) groups is 2. The third-order valence-corrected chi connectivity index (χ3v) is 2.42. The molecule has 0 aliphatic rings. The molecule has 0 fully saturated rings. The number of rotatable bonds is 7. The molecule has 1 aromatic rings. The van der Waals surface area contributed by atoms with Crippen molar-refractivity contribution in [2.45, 2.75) is 0 Å². The van der Waals surface area contributed by atoms with Crippen LogP contribution < -0.4 is 10.2 Å². The summed E-state index contributed by atoms with van der Waals surface area (Å²) < 4.78 is 9.40. The number of esters is 1. The molecule has 20 heavy (non-hydrogen) atoms. The van der Waals surface area contributed by atoms with Crippen LogP contribution in [0.3, 0.4) is 0 Å². The van der Waals surface area contributed by atoms with E-state index in [-0.39, 0.29) is 18.1 Å². The van der Waals surface area contributed by atoms with Crippen molar-refractivity contribution in [3.63, 3.8) is 0 Å². The lowest BCUT2D eigenvalue weighted by molar-refractivity contribution is -0.119. The standard InChI is InChI=1S/C12H18N4O4/c1-16(8-11(17)14-4-5-19-2)10-7-13-6-9(15-10)12(18)20-3/h6-7H,4-5,8H2,1-3H3,(H,14,17). The second kappa shape index (κ2) is 8.05. The highest BCUT2D eigenvalue weighted by atomic mass is 16.5. The van der Waals surface area contributed by atoms with E-state index in [0.717, 1.165) is 0 Å². The second-order valence-corrected chi connectivity index (χ2v) is 3.95. The predicted molar refractivity (Wildman–Crippen MR) is 71.5 cm³/mol. The Kier molecular flexibility index (Phi) is 6.38. The fourth-order valence-corrected chi connectivity index (χ4v) is 1.39. The van der Waals surface area contributed by atoms with Gasteiger partial charge >= 0.3 is 5.97 Å². The molecule has 1 amide bonds. The van der Waals surface area contributed by atoms with Crippen molar-refractivity contribution in [2.24, 2.45) is 0 Å². The van der Waals surface area contributed by atoms with Gasteiger partial charge in [0.25, 0.3) is 0 Å². The fourth-order valence-electron chi connectivity index (χ4n) is 1.39. The highest BCUT2D eigenvalue weighted by Gasteiger charge is 2.12. The first-order valence-electron chi connectivity index (χ1n) is 5.95. The van der Waals surface area contributed by atoms with Gasteiger partial charge in [0.2, 0.25) is 5.91 Å². The molecule has 1 rings (SSSR count). The first kappa shape index (κ1) is 15.8. The van der Waals surface area contributed by atoms with E-state index < -0.39 is 5.97 Å². The van der Waals surface area contributed by atoms with Crippen LogP contribution in [0.4, 0.5) is 5.82 Å². The molecule has 0 saturated carbocycles. The maximum atomic E-state index is 11.6. The zero-order valence-corrected chi connectivity index (χ0v) is 11.8. The van der Waals surface area contributed by atoms with E-state index in [1.54, 1.807) is 19.1 Å². The van der Waals surface area contributed by atoms with Crippen LogP contribution in [-0.4, -0.2) is 62.8 Å². The Morgan fingerprint density at radius 1 is 1.35 bits per heavy atom. The van der Waals surface area contributed by atoms with Gasteiger partial charge in [-0.1, -0.05) is 0 Å². The van der Waals surface area contributed by atoms with E-state index in [1.165, 1.54) is 19.5 Å². The molecule has 0 unspecified atom stereocenters. The monoisotopic (exact) mass is 282 g/mol. The van der Waals surface area contributed by atoms with Gasteiger partial charge < -0.3 is 19.7 Å². The van der Waals surface area contributed by atoms with E-state index in [4.69, 9.17) is 4.74 Å². The number of nitrogens with one attached hydrogen (secondary N) is 1. The van der Waals surface area contributed by atoms with Crippen molar-refractivity contribution in [3.05, 3.63) is 18.1 Å². The summed E-state index contributed by atoms with van der Waals surface area (Å²) in [5.74, 6) is -0.332. The largest absolute Gasteiger partial charge is 0.464 e. The molecule has 8 nitrogen and oxygen atoms in total. The number of hydrogen-bond acceptors (Lipinski definition) is 7. The van der Waals surface area contributed by atoms with Gasteiger partial charge in [0, 0.05) is 20.7 Å². The summed E-state index contributed by atoms with van der Waals surface area (Å²) >= 11 is 0. The molecular formula is C12H18N4O4. The van der Waals surface area contributed by atoms with Gasteiger partial charge in [-0.15, -0.1) is 0 Å². The molecular weight excluding hydrogens is 264 g/mol. The molecule has 0 spiro atoms. The van der Waals surface area contributed by atoms with Crippen LogP contribution in [0.5, 0.6) is 0 Å². The van der Waals surface area contributed by atoms with Gasteiger partial charge in [0.1, 0.15) is 5.82 Å². The molecule has 1 N–H and O–H groups in total. The number of aromatic nitrogens is 2. The molecule has 0 aliphatic heterocycles. The minimum Gasteiger partial charge on any atom is -0.464 e. The molecule has 0 radical (unpaired) electrons. The van der Waals surface area contributed by atoms with Crippen LogP contribution in [0.15, 0.2) is 12.4 Å². The Bertz CT molecular complexity index is 467. The van der Waals surface area contributed by atoms with Crippen LogP contribution >= 0.6 is 0 Å². The predicted octanol–water partition coefficient (Wildman–Crippen LogP) is -0.538. The highest BCUT2D eigenvalue weighted by molar-refractivity contribution is 5.87. The first-order valence-corrected chi connectivity index (χ1v) is 5.95. The lowest BCUT2D eigenvalue weighted by Crippen LogP contribution is -2.37. The van der Waals surface area contributed by atoms with Crippen molar-refractivity contribution in [3.8, 4) is 0 Å². The molecule has 8 heteroatoms. The van der Waals surface area contributed by atoms with Gasteiger partial charge in [0.05, 0.1) is 32.7 Å². The van der Waals surface area contributed by atoms with Crippen LogP contribution in [-0.2, 0) is 14.3 Å². The lowest BCUT2D eigenvalue weighted by Gasteiger charge is -2.17. The molecule has 110 valence electrons. The molecule has 0 atom stereocenters. The van der Waals surface area contributed by atoms with Gasteiger partial charge in [0.15, 0.2) is 5.69 Å². The summed E-state index contributed by atoms with van der Waals surface area (Å²) in [6, 6.07) is 0. The Labute approximate surface area is 117 Å². The Morgan fingerprint density at radius 3 is 2.75 bits per heavy atom. The maximum absolute atomic E-state index is 11.6. The van der Waals surface area contributed by atoms with Crippen LogP contribution in [0.2, 0.25) is 0 Å². The van der Waals surface area contributed by atoms with E-state index in [2.05, 4.69) is 20.0 Å². The molecule has 1 heterocycles. The number of likely N-dealkylation sites (N-methyl/N-ethyl adjacent to an activating group) is 1. The maximum Gasteiger partial charge on any atom is 0.358 e. The van der Waals surface area contributed by atoms with Crippen molar-refractivity contribution in [1.82, 2.24) is 15.3 Å². The smallest absolute Gasteiger partial charge is 0.358 e. The topological polar surface area (TPSA) is 93.7 Å². The van der Waals surface area contributed by atoms with Crippen LogP contribution in [0.1, 0.15) is 10.5 Å². The molecule has 0 saturated heterocycles. The summed E-state index contributed by atoms with van der Waals surface area (Å²) in [7, 11) is 4.51. The van der Waals surface area contributed by atoms with Crippen molar-refractivity contribution < 1.29 is 19.1 Å². The van der Waals surface area contributed by atoms with Gasteiger partial charge in [-0.2, -0.15) is 0 Å². The third kappa shape index (κ3) is 4.81. The van der Waals surface area contributed by atoms with Crippen molar-refractivity contribution in [1.29, 1.82) is 0 Å². The lowest BCUT2D eigenvalue weighted by atomic mass is 10.4. The number of hydrogen-bond donors (Lipinski definition) is 1. The van der Waals surface area contributed by atoms with Crippen molar-refractivity contribution >= 4 is 17.7 Å². The fraction of sp³-hybridized carbons (Fsp3) is 0.500. The van der Waals surface area contributed by atoms with Gasteiger partial charge in [-0.3, -0.25) is 9.78 Å². The Morgan fingerprint density at radius 2 is 2.10 bits per heavy atom. The SMILES string of the molecule is COCCNC(=O)CN(C)c1cncc(C(=O)OC)n1. The number of methoxy groups -OCH3 is 2. The average Bonchev–Trinajstić information content (AvgIpc) is 2.46. The number of anilines is 1. The van der Waals surface area contributed by atoms with Gasteiger partial charge in [-0.05, 0) is 0 Å². The van der Waals surface area contributed by atoms with Gasteiger partial charge in [-0.25, -0.2) is 9.78 Å². The summed E-state index contributed by atoms with van der Waals surface area (Å²) in [4.78, 5) is 32.5. The summed E-state index contributed by atoms with van der Waals surface area (Å²) in [6.45, 7) is 0.993. The number of carbonyl (C=O) groups excluding carboxylic acids is 2. The molecule has 0 aromatic carbocycles. The Hall–Kier alpha value is -2.22. The minimum atomic E-state index is -0.572. The normalized spacial score (nSPS) is 9.95. The molecule has 0 bridgehead atoms. The zero-order valence-electron chi connectivity index (χ0n) is 11.8. The van der Waals surface area contributed by atoms with Crippen LogP contribution in [0.25, 0.3) is 0 Å². The first-order chi connectivity index (χ1) is 9.58. The van der Waals surface area contributed by atoms with E-state index >= 15 is 0 Å². The quantitative estimate of drug-likeness (QED) is 0.530. The zero-order chi connectivity index (χ0) is 15.0. The Balaban J connectivity index is 2.60. The third-order valence-electron chi connectivity index (χ3n) is 2.42. The molecule has 0 aliphatic carbocycles. The number of ether oxygens (including phenoxy) is 2. The number of nitrogens with zero attached hydrogens (tertiary/aromatic N) is 3. The highest BCUT2D eigenvalue weighted by Crippen LogP contribution is 2.07. The summed E-state index contributed by atoms with van der Waals surface area (Å²) in [6.07, 6.45) is 2.77. The van der Waals surface area contributed by atoms with E-state index in [1.807, 2.05) is 0 Å². The molecule has 1 aromatic heterocycles. The summed E-state index contributed by atoms with van der Waals surface area (Å²) in [5.41, 5.74) is 0.0941. The minimum absolute atomic E-state index is 0.0941. The van der Waals surface area contributed by atoms with E-state index in [0.29, 0.717) is 19.0 Å². The summed E-state index contributed by atoms with van der Waals surface area (Å²) in [5, 5.41) is 2.69. The van der Waals surface area contributed by atoms with Crippen LogP contribution in [0, 0.1) is 0 Å². The average molecular weight is 282 g/mol. The second-order valence-electron chi connectivity index (χ2n) is 3.95. The van der Waals surface area contributed by atoms with Crippen molar-refractivity contribution in [2.75, 3.05) is 45.9 Å². The van der Waals surface area contributed by atoms with E-state index in [9.17, 15) is 9.59 Å². The number of amides is 1.